The first-order chi connectivity index (χ1) is 7.45. The normalized spacial score (nSPS) is 14.1. The zero-order valence-corrected chi connectivity index (χ0v) is 12.0. The molecule has 0 spiro atoms. The molecule has 2 N–H and O–H groups in total. The van der Waals surface area contributed by atoms with Crippen LogP contribution in [0.2, 0.25) is 0 Å². The van der Waals surface area contributed by atoms with E-state index < -0.39 is 0 Å². The van der Waals surface area contributed by atoms with Gasteiger partial charge in [0, 0.05) is 0 Å². The molecule has 2 nitrogen and oxygen atoms in total. The van der Waals surface area contributed by atoms with Gasteiger partial charge in [-0.1, -0.05) is 27.7 Å². The van der Waals surface area contributed by atoms with Gasteiger partial charge in [-0.15, -0.1) is 0 Å². The Bertz CT molecular complexity index is 155. The van der Waals surface area contributed by atoms with Gasteiger partial charge in [0.25, 0.3) is 0 Å². The van der Waals surface area contributed by atoms with Crippen molar-refractivity contribution >= 4 is 0 Å². The number of nitrogens with two attached hydrogens (primary N) is 1. The van der Waals surface area contributed by atoms with Crippen LogP contribution in [-0.4, -0.2) is 31.6 Å². The third kappa shape index (κ3) is 9.17. The van der Waals surface area contributed by atoms with Crippen molar-refractivity contribution in [1.29, 1.82) is 0 Å². The van der Waals surface area contributed by atoms with Crippen molar-refractivity contribution in [2.24, 2.45) is 23.5 Å². The Morgan fingerprint density at radius 2 is 1.50 bits per heavy atom. The maximum atomic E-state index is 5.81. The van der Waals surface area contributed by atoms with Crippen molar-refractivity contribution in [3.8, 4) is 0 Å². The van der Waals surface area contributed by atoms with Crippen LogP contribution in [0.25, 0.3) is 0 Å². The monoisotopic (exact) mass is 228 g/mol. The van der Waals surface area contributed by atoms with Crippen LogP contribution >= 0.6 is 0 Å². The molecular formula is C14H32N2. The minimum Gasteiger partial charge on any atom is -0.330 e. The van der Waals surface area contributed by atoms with Gasteiger partial charge >= 0.3 is 0 Å². The summed E-state index contributed by atoms with van der Waals surface area (Å²) in [6.45, 7) is 12.4. The van der Waals surface area contributed by atoms with Crippen LogP contribution < -0.4 is 5.73 Å². The Balaban J connectivity index is 3.66. The van der Waals surface area contributed by atoms with Crippen LogP contribution in [0.1, 0.15) is 47.0 Å². The van der Waals surface area contributed by atoms with Crippen molar-refractivity contribution in [3.63, 3.8) is 0 Å². The van der Waals surface area contributed by atoms with E-state index in [0.29, 0.717) is 5.92 Å². The lowest BCUT2D eigenvalue weighted by Crippen LogP contribution is -2.26. The molecule has 0 aromatic carbocycles. The summed E-state index contributed by atoms with van der Waals surface area (Å²) in [5.74, 6) is 2.29. The minimum atomic E-state index is 0.710. The maximum Gasteiger partial charge on any atom is -0.00187 e. The predicted octanol–water partition coefficient (Wildman–Crippen LogP) is 2.98. The zero-order chi connectivity index (χ0) is 12.6. The minimum absolute atomic E-state index is 0.710. The van der Waals surface area contributed by atoms with Crippen molar-refractivity contribution in [2.45, 2.75) is 47.0 Å². The molecule has 0 amide bonds. The van der Waals surface area contributed by atoms with E-state index in [-0.39, 0.29) is 0 Å². The molecule has 0 bridgehead atoms. The molecule has 0 aliphatic heterocycles. The average molecular weight is 228 g/mol. The van der Waals surface area contributed by atoms with Crippen LogP contribution in [0.3, 0.4) is 0 Å². The fourth-order valence-electron chi connectivity index (χ4n) is 1.99. The fourth-order valence-corrected chi connectivity index (χ4v) is 1.99. The van der Waals surface area contributed by atoms with Gasteiger partial charge in [-0.2, -0.15) is 0 Å². The Morgan fingerprint density at radius 3 is 1.94 bits per heavy atom. The third-order valence-electron chi connectivity index (χ3n) is 3.15. The molecule has 1 unspecified atom stereocenters. The largest absolute Gasteiger partial charge is 0.330 e. The molecular weight excluding hydrogens is 196 g/mol. The Hall–Kier alpha value is -0.0800. The van der Waals surface area contributed by atoms with Crippen molar-refractivity contribution in [3.05, 3.63) is 0 Å². The highest BCUT2D eigenvalue weighted by Gasteiger charge is 2.10. The summed E-state index contributed by atoms with van der Waals surface area (Å²) in [5, 5.41) is 0. The smallest absolute Gasteiger partial charge is 0.00187 e. The van der Waals surface area contributed by atoms with Crippen LogP contribution in [0.4, 0.5) is 0 Å². The molecule has 0 saturated heterocycles. The van der Waals surface area contributed by atoms with Crippen molar-refractivity contribution in [2.75, 3.05) is 26.7 Å². The number of hydrogen-bond donors (Lipinski definition) is 1. The average Bonchev–Trinajstić information content (AvgIpc) is 2.20. The number of nitrogens with zero attached hydrogens (tertiary/aromatic N) is 1. The summed E-state index contributed by atoms with van der Waals surface area (Å²) in [6, 6.07) is 0. The molecule has 0 aromatic rings. The van der Waals surface area contributed by atoms with E-state index in [0.717, 1.165) is 18.4 Å². The van der Waals surface area contributed by atoms with Crippen LogP contribution in [0, 0.1) is 17.8 Å². The van der Waals surface area contributed by atoms with Gasteiger partial charge in [0.1, 0.15) is 0 Å². The predicted molar refractivity (Wildman–Crippen MR) is 73.6 cm³/mol. The van der Waals surface area contributed by atoms with Gasteiger partial charge in [0.2, 0.25) is 0 Å². The summed E-state index contributed by atoms with van der Waals surface area (Å²) in [7, 11) is 2.23. The highest BCUT2D eigenvalue weighted by atomic mass is 15.1. The first-order valence-electron chi connectivity index (χ1n) is 6.84. The molecule has 0 aromatic heterocycles. The van der Waals surface area contributed by atoms with Crippen LogP contribution in [0.15, 0.2) is 0 Å². The van der Waals surface area contributed by atoms with Crippen LogP contribution in [-0.2, 0) is 0 Å². The molecule has 16 heavy (non-hydrogen) atoms. The number of hydrogen-bond acceptors (Lipinski definition) is 2. The molecule has 0 aliphatic carbocycles. The van der Waals surface area contributed by atoms with Crippen molar-refractivity contribution < 1.29 is 0 Å². The molecule has 0 aliphatic rings. The SMILES string of the molecule is CC(C)CCN(C)CCC(CN)CC(C)C. The van der Waals surface area contributed by atoms with E-state index in [1.807, 2.05) is 0 Å². The second-order valence-electron chi connectivity index (χ2n) is 6.01. The molecule has 0 saturated carbocycles. The Morgan fingerprint density at radius 1 is 0.938 bits per heavy atom. The summed E-state index contributed by atoms with van der Waals surface area (Å²) in [6.07, 6.45) is 3.83. The highest BCUT2D eigenvalue weighted by molar-refractivity contribution is 4.65. The lowest BCUT2D eigenvalue weighted by Gasteiger charge is -2.22. The van der Waals surface area contributed by atoms with E-state index in [9.17, 15) is 0 Å². The molecule has 0 heterocycles. The Kier molecular flexibility index (Phi) is 8.96. The fraction of sp³-hybridized carbons (Fsp3) is 1.00. The molecule has 0 fully saturated rings. The van der Waals surface area contributed by atoms with Gasteiger partial charge < -0.3 is 10.6 Å². The zero-order valence-electron chi connectivity index (χ0n) is 12.0. The molecule has 1 atom stereocenters. The second kappa shape index (κ2) is 9.00. The second-order valence-corrected chi connectivity index (χ2v) is 6.01. The van der Waals surface area contributed by atoms with Gasteiger partial charge in [0.05, 0.1) is 0 Å². The standard InChI is InChI=1S/C14H32N2/c1-12(2)6-8-16(5)9-7-14(11-15)10-13(3)4/h12-14H,6-11,15H2,1-5H3. The van der Waals surface area contributed by atoms with Gasteiger partial charge in [-0.3, -0.25) is 0 Å². The van der Waals surface area contributed by atoms with E-state index in [2.05, 4.69) is 39.6 Å². The van der Waals surface area contributed by atoms with Crippen molar-refractivity contribution in [1.82, 2.24) is 4.90 Å². The van der Waals surface area contributed by atoms with E-state index in [1.165, 1.54) is 32.4 Å². The quantitative estimate of drug-likeness (QED) is 0.657. The topological polar surface area (TPSA) is 29.3 Å². The first-order valence-corrected chi connectivity index (χ1v) is 6.84. The highest BCUT2D eigenvalue weighted by Crippen LogP contribution is 2.14. The summed E-state index contributed by atoms with van der Waals surface area (Å²) < 4.78 is 0. The van der Waals surface area contributed by atoms with E-state index in [1.54, 1.807) is 0 Å². The summed E-state index contributed by atoms with van der Waals surface area (Å²) in [5.41, 5.74) is 5.81. The molecule has 98 valence electrons. The maximum absolute atomic E-state index is 5.81. The summed E-state index contributed by atoms with van der Waals surface area (Å²) >= 11 is 0. The third-order valence-corrected chi connectivity index (χ3v) is 3.15. The van der Waals surface area contributed by atoms with E-state index in [4.69, 9.17) is 5.73 Å². The van der Waals surface area contributed by atoms with Crippen LogP contribution in [0.5, 0.6) is 0 Å². The molecule has 0 radical (unpaired) electrons. The molecule has 2 heteroatoms. The first kappa shape index (κ1) is 15.9. The Labute approximate surface area is 103 Å². The lowest BCUT2D eigenvalue weighted by atomic mass is 9.94. The lowest BCUT2D eigenvalue weighted by molar-refractivity contribution is 0.271. The van der Waals surface area contributed by atoms with Gasteiger partial charge in [-0.25, -0.2) is 0 Å². The number of rotatable bonds is 9. The molecule has 0 rings (SSSR count). The summed E-state index contributed by atoms with van der Waals surface area (Å²) in [4.78, 5) is 2.45. The van der Waals surface area contributed by atoms with E-state index >= 15 is 0 Å². The van der Waals surface area contributed by atoms with Gasteiger partial charge in [-0.05, 0) is 63.7 Å². The van der Waals surface area contributed by atoms with Gasteiger partial charge in [0.15, 0.2) is 0 Å².